The molecule has 0 aliphatic heterocycles. The predicted octanol–water partition coefficient (Wildman–Crippen LogP) is 1.18. The van der Waals surface area contributed by atoms with Crippen LogP contribution < -0.4 is 10.4 Å². The number of aryl methyl sites for hydroxylation is 1. The number of unbranched alkanes of at least 4 members (excludes halogenated alkanes) is 1. The lowest BCUT2D eigenvalue weighted by molar-refractivity contribution is -0.242. The minimum absolute atomic E-state index is 0.310. The molecule has 1 aromatic rings. The van der Waals surface area contributed by atoms with Crippen molar-refractivity contribution in [3.8, 4) is 0 Å². The molecule has 0 fully saturated rings. The van der Waals surface area contributed by atoms with Crippen molar-refractivity contribution >= 4 is 11.9 Å². The lowest BCUT2D eigenvalue weighted by atomic mass is 10.1. The Hall–Kier alpha value is -1.58. The topological polar surface area (TPSA) is 65.0 Å². The molecule has 1 aromatic heterocycles. The maximum atomic E-state index is 10.2. The highest BCUT2D eigenvalue weighted by atomic mass is 16.4. The fourth-order valence-electron chi connectivity index (χ4n) is 1.13. The largest absolute Gasteiger partial charge is 0.530 e. The molecule has 0 aliphatic carbocycles. The van der Waals surface area contributed by atoms with E-state index >= 15 is 0 Å². The van der Waals surface area contributed by atoms with Gasteiger partial charge < -0.3 is 15.2 Å². The molecule has 0 spiro atoms. The van der Waals surface area contributed by atoms with Gasteiger partial charge >= 0.3 is 0 Å². The van der Waals surface area contributed by atoms with Crippen molar-refractivity contribution in [3.63, 3.8) is 0 Å². The average Bonchev–Trinajstić information content (AvgIpc) is 2.16. The van der Waals surface area contributed by atoms with E-state index in [0.29, 0.717) is 5.82 Å². The molecular formula is C10H13N2O2-. The summed E-state index contributed by atoms with van der Waals surface area (Å²) in [6.07, 6.45) is 3.59. The van der Waals surface area contributed by atoms with Crippen molar-refractivity contribution < 1.29 is 9.90 Å². The Morgan fingerprint density at radius 3 is 2.86 bits per heavy atom. The van der Waals surface area contributed by atoms with Crippen molar-refractivity contribution in [2.75, 3.05) is 5.32 Å². The first-order valence-electron chi connectivity index (χ1n) is 4.65. The van der Waals surface area contributed by atoms with Crippen LogP contribution in [-0.4, -0.2) is 11.1 Å². The number of hydrogen-bond donors (Lipinski definition) is 1. The molecule has 76 valence electrons. The SMILES string of the molecule is CCCCc1ccc(NC(=O)[O-])nc1. The predicted molar refractivity (Wildman–Crippen MR) is 51.9 cm³/mol. The van der Waals surface area contributed by atoms with Gasteiger partial charge in [-0.3, -0.25) is 0 Å². The Morgan fingerprint density at radius 1 is 1.57 bits per heavy atom. The number of nitrogens with one attached hydrogen (secondary N) is 1. The first-order chi connectivity index (χ1) is 6.72. The molecule has 0 unspecified atom stereocenters. The van der Waals surface area contributed by atoms with Gasteiger partial charge in [0.1, 0.15) is 11.9 Å². The summed E-state index contributed by atoms with van der Waals surface area (Å²) in [5.74, 6) is 0.310. The van der Waals surface area contributed by atoms with Crippen LogP contribution >= 0.6 is 0 Å². The number of rotatable bonds is 4. The molecule has 0 saturated carbocycles. The second kappa shape index (κ2) is 5.21. The Balaban J connectivity index is 2.54. The van der Waals surface area contributed by atoms with E-state index < -0.39 is 6.09 Å². The molecule has 0 aliphatic rings. The summed E-state index contributed by atoms with van der Waals surface area (Å²) in [7, 11) is 0. The van der Waals surface area contributed by atoms with Crippen molar-refractivity contribution in [2.24, 2.45) is 0 Å². The zero-order chi connectivity index (χ0) is 10.4. The lowest BCUT2D eigenvalue weighted by Gasteiger charge is -2.05. The standard InChI is InChI=1S/C10H14N2O2/c1-2-3-4-8-5-6-9(11-7-8)12-10(13)14/h5-7H,2-4H2,1H3,(H,11,12)(H,13,14)/p-1. The molecule has 0 bridgehead atoms. The summed E-state index contributed by atoms with van der Waals surface area (Å²) in [4.78, 5) is 14.1. The number of carboxylic acid groups (broad SMARTS) is 1. The van der Waals surface area contributed by atoms with Crippen molar-refractivity contribution in [2.45, 2.75) is 26.2 Å². The Morgan fingerprint density at radius 2 is 2.36 bits per heavy atom. The summed E-state index contributed by atoms with van der Waals surface area (Å²) < 4.78 is 0. The van der Waals surface area contributed by atoms with Crippen LogP contribution in [0.4, 0.5) is 10.6 Å². The van der Waals surface area contributed by atoms with Crippen molar-refractivity contribution in [3.05, 3.63) is 23.9 Å². The maximum Gasteiger partial charge on any atom is 0.140 e. The first-order valence-corrected chi connectivity index (χ1v) is 4.65. The molecule has 0 radical (unpaired) electrons. The third kappa shape index (κ3) is 3.43. The van der Waals surface area contributed by atoms with Crippen LogP contribution in [0, 0.1) is 0 Å². The number of anilines is 1. The lowest BCUT2D eigenvalue weighted by Crippen LogP contribution is -2.29. The normalized spacial score (nSPS) is 9.79. The van der Waals surface area contributed by atoms with Crippen LogP contribution in [0.3, 0.4) is 0 Å². The highest BCUT2D eigenvalue weighted by Crippen LogP contribution is 2.07. The van der Waals surface area contributed by atoms with Gasteiger partial charge in [0, 0.05) is 6.20 Å². The highest BCUT2D eigenvalue weighted by Gasteiger charge is 1.95. The first kappa shape index (κ1) is 10.5. The summed E-state index contributed by atoms with van der Waals surface area (Å²) in [5.41, 5.74) is 1.12. The number of aromatic nitrogens is 1. The summed E-state index contributed by atoms with van der Waals surface area (Å²) in [5, 5.41) is 12.2. The van der Waals surface area contributed by atoms with Crippen LogP contribution in [0.2, 0.25) is 0 Å². The Bertz CT molecular complexity index is 295. The van der Waals surface area contributed by atoms with E-state index in [0.717, 1.165) is 24.8 Å². The minimum Gasteiger partial charge on any atom is -0.530 e. The fourth-order valence-corrected chi connectivity index (χ4v) is 1.13. The molecular weight excluding hydrogens is 180 g/mol. The third-order valence-corrected chi connectivity index (χ3v) is 1.87. The van der Waals surface area contributed by atoms with E-state index in [4.69, 9.17) is 0 Å². The van der Waals surface area contributed by atoms with Crippen LogP contribution in [0.15, 0.2) is 18.3 Å². The van der Waals surface area contributed by atoms with Crippen LogP contribution in [0.25, 0.3) is 0 Å². The minimum atomic E-state index is -1.33. The maximum absolute atomic E-state index is 10.2. The number of nitrogens with zero attached hydrogens (tertiary/aromatic N) is 1. The summed E-state index contributed by atoms with van der Waals surface area (Å²) in [6, 6.07) is 3.51. The van der Waals surface area contributed by atoms with E-state index in [1.807, 2.05) is 6.07 Å². The second-order valence-electron chi connectivity index (χ2n) is 3.07. The molecule has 0 aromatic carbocycles. The average molecular weight is 193 g/mol. The second-order valence-corrected chi connectivity index (χ2v) is 3.07. The monoisotopic (exact) mass is 193 g/mol. The third-order valence-electron chi connectivity index (χ3n) is 1.87. The molecule has 1 N–H and O–H groups in total. The van der Waals surface area contributed by atoms with Crippen LogP contribution in [0.5, 0.6) is 0 Å². The van der Waals surface area contributed by atoms with Gasteiger partial charge in [0.15, 0.2) is 0 Å². The summed E-state index contributed by atoms with van der Waals surface area (Å²) in [6.45, 7) is 2.12. The Labute approximate surface area is 83.0 Å². The molecule has 14 heavy (non-hydrogen) atoms. The fraction of sp³-hybridized carbons (Fsp3) is 0.400. The number of carbonyl (C=O) groups is 1. The zero-order valence-corrected chi connectivity index (χ0v) is 8.12. The zero-order valence-electron chi connectivity index (χ0n) is 8.12. The van der Waals surface area contributed by atoms with Gasteiger partial charge in [-0.1, -0.05) is 19.4 Å². The van der Waals surface area contributed by atoms with Crippen molar-refractivity contribution in [1.29, 1.82) is 0 Å². The van der Waals surface area contributed by atoms with E-state index in [1.165, 1.54) is 0 Å². The molecule has 1 amide bonds. The van der Waals surface area contributed by atoms with Gasteiger partial charge in [-0.25, -0.2) is 4.98 Å². The van der Waals surface area contributed by atoms with E-state index in [-0.39, 0.29) is 0 Å². The molecule has 4 heteroatoms. The van der Waals surface area contributed by atoms with E-state index in [1.54, 1.807) is 12.3 Å². The van der Waals surface area contributed by atoms with Gasteiger partial charge in [-0.05, 0) is 24.5 Å². The van der Waals surface area contributed by atoms with Crippen LogP contribution in [0.1, 0.15) is 25.3 Å². The summed E-state index contributed by atoms with van der Waals surface area (Å²) >= 11 is 0. The highest BCUT2D eigenvalue weighted by molar-refractivity contribution is 5.79. The molecule has 0 atom stereocenters. The Kier molecular flexibility index (Phi) is 3.91. The van der Waals surface area contributed by atoms with Gasteiger partial charge in [0.05, 0.1) is 0 Å². The number of hydrogen-bond acceptors (Lipinski definition) is 3. The number of carbonyl (C=O) groups excluding carboxylic acids is 1. The molecule has 1 rings (SSSR count). The van der Waals surface area contributed by atoms with Crippen molar-refractivity contribution in [1.82, 2.24) is 4.98 Å². The van der Waals surface area contributed by atoms with Gasteiger partial charge in [-0.2, -0.15) is 0 Å². The van der Waals surface area contributed by atoms with Crippen LogP contribution in [-0.2, 0) is 6.42 Å². The number of amides is 1. The molecule has 0 saturated heterocycles. The van der Waals surface area contributed by atoms with E-state index in [9.17, 15) is 9.90 Å². The van der Waals surface area contributed by atoms with E-state index in [2.05, 4.69) is 17.2 Å². The molecule has 4 nitrogen and oxygen atoms in total. The number of pyridine rings is 1. The van der Waals surface area contributed by atoms with Gasteiger partial charge in [-0.15, -0.1) is 0 Å². The molecule has 1 heterocycles. The quantitative estimate of drug-likeness (QED) is 0.780. The van der Waals surface area contributed by atoms with Gasteiger partial charge in [0.25, 0.3) is 0 Å². The smallest absolute Gasteiger partial charge is 0.140 e. The van der Waals surface area contributed by atoms with Gasteiger partial charge in [0.2, 0.25) is 0 Å².